The van der Waals surface area contributed by atoms with Gasteiger partial charge in [-0.2, -0.15) is 0 Å². The van der Waals surface area contributed by atoms with E-state index in [-0.39, 0.29) is 0 Å². The van der Waals surface area contributed by atoms with Gasteiger partial charge < -0.3 is 9.47 Å². The van der Waals surface area contributed by atoms with Crippen LogP contribution >= 0.6 is 15.9 Å². The van der Waals surface area contributed by atoms with E-state index in [1.54, 1.807) is 7.11 Å². The fourth-order valence-corrected chi connectivity index (χ4v) is 2.50. The number of para-hydroxylation sites is 1. The van der Waals surface area contributed by atoms with Crippen molar-refractivity contribution in [1.29, 1.82) is 0 Å². The minimum atomic E-state index is 0.693. The number of benzene rings is 2. The standard InChI is InChI=1S/C19H21BrO2/c1-21-18-11-7-10-17(19(18)22-15-6-5-14-20)13-12-16-8-3-2-4-9-16/h2-4,7-13H,5-6,14-15H2,1H3/b13-12+. The van der Waals surface area contributed by atoms with Gasteiger partial charge in [0.2, 0.25) is 0 Å². The molecule has 0 aromatic heterocycles. The zero-order valence-corrected chi connectivity index (χ0v) is 14.4. The molecule has 0 unspecified atom stereocenters. The van der Waals surface area contributed by atoms with E-state index in [1.165, 1.54) is 0 Å². The summed E-state index contributed by atoms with van der Waals surface area (Å²) in [6, 6.07) is 16.2. The topological polar surface area (TPSA) is 18.5 Å². The van der Waals surface area contributed by atoms with Gasteiger partial charge in [0.15, 0.2) is 11.5 Å². The van der Waals surface area contributed by atoms with E-state index < -0.39 is 0 Å². The maximum atomic E-state index is 5.95. The highest BCUT2D eigenvalue weighted by Crippen LogP contribution is 2.32. The molecule has 0 N–H and O–H groups in total. The number of unbranched alkanes of at least 4 members (excludes halogenated alkanes) is 1. The molecule has 0 radical (unpaired) electrons. The van der Waals surface area contributed by atoms with Crippen LogP contribution in [0.4, 0.5) is 0 Å². The van der Waals surface area contributed by atoms with Crippen LogP contribution < -0.4 is 9.47 Å². The summed E-state index contributed by atoms with van der Waals surface area (Å²) < 4.78 is 11.4. The van der Waals surface area contributed by atoms with Crippen molar-refractivity contribution in [2.45, 2.75) is 12.8 Å². The molecule has 0 aliphatic carbocycles. The lowest BCUT2D eigenvalue weighted by atomic mass is 10.1. The van der Waals surface area contributed by atoms with E-state index in [1.807, 2.05) is 36.4 Å². The molecule has 2 aromatic carbocycles. The largest absolute Gasteiger partial charge is 0.493 e. The summed E-state index contributed by atoms with van der Waals surface area (Å²) in [6.45, 7) is 0.693. The Labute approximate surface area is 140 Å². The van der Waals surface area contributed by atoms with Crippen LogP contribution in [0.5, 0.6) is 11.5 Å². The molecule has 2 aromatic rings. The Morgan fingerprint density at radius 1 is 0.955 bits per heavy atom. The van der Waals surface area contributed by atoms with E-state index >= 15 is 0 Å². The number of hydrogen-bond acceptors (Lipinski definition) is 2. The van der Waals surface area contributed by atoms with E-state index in [0.29, 0.717) is 6.61 Å². The first kappa shape index (κ1) is 16.6. The van der Waals surface area contributed by atoms with Crippen LogP contribution in [0.15, 0.2) is 48.5 Å². The fourth-order valence-electron chi connectivity index (χ4n) is 2.10. The van der Waals surface area contributed by atoms with Crippen molar-refractivity contribution in [2.24, 2.45) is 0 Å². The summed E-state index contributed by atoms with van der Waals surface area (Å²) in [6.07, 6.45) is 6.27. The van der Waals surface area contributed by atoms with Gasteiger partial charge in [0, 0.05) is 10.9 Å². The molecule has 0 aliphatic rings. The predicted octanol–water partition coefficient (Wildman–Crippen LogP) is 5.42. The first-order valence-corrected chi connectivity index (χ1v) is 8.56. The molecule has 0 bridgehead atoms. The molecule has 0 saturated heterocycles. The molecule has 0 heterocycles. The Kier molecular flexibility index (Phi) is 7.04. The van der Waals surface area contributed by atoms with Gasteiger partial charge in [0.05, 0.1) is 13.7 Å². The Morgan fingerprint density at radius 3 is 2.50 bits per heavy atom. The second kappa shape index (κ2) is 9.31. The van der Waals surface area contributed by atoms with Gasteiger partial charge in [-0.15, -0.1) is 0 Å². The minimum absolute atomic E-state index is 0.693. The van der Waals surface area contributed by atoms with Gasteiger partial charge in [0.1, 0.15) is 0 Å². The van der Waals surface area contributed by atoms with Gasteiger partial charge in [-0.1, -0.05) is 70.5 Å². The average molecular weight is 361 g/mol. The Balaban J connectivity index is 2.17. The number of methoxy groups -OCH3 is 1. The van der Waals surface area contributed by atoms with Crippen molar-refractivity contribution in [3.05, 3.63) is 59.7 Å². The van der Waals surface area contributed by atoms with E-state index in [0.717, 1.165) is 40.8 Å². The lowest BCUT2D eigenvalue weighted by Crippen LogP contribution is -2.01. The second-order valence-corrected chi connectivity index (χ2v) is 5.66. The molecule has 0 saturated carbocycles. The average Bonchev–Trinajstić information content (AvgIpc) is 2.58. The van der Waals surface area contributed by atoms with Crippen LogP contribution in [-0.2, 0) is 0 Å². The summed E-state index contributed by atoms with van der Waals surface area (Å²) >= 11 is 3.44. The summed E-state index contributed by atoms with van der Waals surface area (Å²) in [7, 11) is 1.67. The second-order valence-electron chi connectivity index (χ2n) is 4.87. The highest BCUT2D eigenvalue weighted by molar-refractivity contribution is 9.09. The summed E-state index contributed by atoms with van der Waals surface area (Å²) in [5, 5.41) is 1.00. The van der Waals surface area contributed by atoms with Gasteiger partial charge in [-0.25, -0.2) is 0 Å². The molecule has 116 valence electrons. The molecule has 2 nitrogen and oxygen atoms in total. The van der Waals surface area contributed by atoms with Gasteiger partial charge in [-0.05, 0) is 24.5 Å². The molecule has 2 rings (SSSR count). The quantitative estimate of drug-likeness (QED) is 0.355. The molecule has 0 atom stereocenters. The Morgan fingerprint density at radius 2 is 1.77 bits per heavy atom. The lowest BCUT2D eigenvalue weighted by molar-refractivity contribution is 0.288. The van der Waals surface area contributed by atoms with Crippen LogP contribution in [0.1, 0.15) is 24.0 Å². The number of rotatable bonds is 8. The first-order chi connectivity index (χ1) is 10.8. The van der Waals surface area contributed by atoms with Crippen LogP contribution in [0, 0.1) is 0 Å². The number of hydrogen-bond donors (Lipinski definition) is 0. The number of ether oxygens (including phenoxy) is 2. The number of halogens is 1. The molecular formula is C19H21BrO2. The van der Waals surface area contributed by atoms with E-state index in [9.17, 15) is 0 Å². The third-order valence-corrected chi connectivity index (χ3v) is 3.82. The summed E-state index contributed by atoms with van der Waals surface area (Å²) in [5.41, 5.74) is 2.19. The van der Waals surface area contributed by atoms with Crippen molar-refractivity contribution in [3.63, 3.8) is 0 Å². The molecule has 0 amide bonds. The van der Waals surface area contributed by atoms with Crippen LogP contribution in [0.3, 0.4) is 0 Å². The highest BCUT2D eigenvalue weighted by atomic mass is 79.9. The van der Waals surface area contributed by atoms with Gasteiger partial charge >= 0.3 is 0 Å². The van der Waals surface area contributed by atoms with Crippen molar-refractivity contribution in [2.75, 3.05) is 19.0 Å². The molecular weight excluding hydrogens is 340 g/mol. The zero-order chi connectivity index (χ0) is 15.6. The third-order valence-electron chi connectivity index (χ3n) is 3.26. The first-order valence-electron chi connectivity index (χ1n) is 7.44. The minimum Gasteiger partial charge on any atom is -0.493 e. The maximum absolute atomic E-state index is 5.95. The summed E-state index contributed by atoms with van der Waals surface area (Å²) in [5.74, 6) is 1.58. The predicted molar refractivity (Wildman–Crippen MR) is 96.9 cm³/mol. The van der Waals surface area contributed by atoms with Crippen molar-refractivity contribution < 1.29 is 9.47 Å². The van der Waals surface area contributed by atoms with Crippen molar-refractivity contribution in [1.82, 2.24) is 0 Å². The zero-order valence-electron chi connectivity index (χ0n) is 12.8. The van der Waals surface area contributed by atoms with Gasteiger partial charge in [0.25, 0.3) is 0 Å². The normalized spacial score (nSPS) is 10.8. The van der Waals surface area contributed by atoms with Crippen LogP contribution in [0.2, 0.25) is 0 Å². The maximum Gasteiger partial charge on any atom is 0.168 e. The van der Waals surface area contributed by atoms with Crippen molar-refractivity contribution in [3.8, 4) is 11.5 Å². The van der Waals surface area contributed by atoms with Crippen LogP contribution in [-0.4, -0.2) is 19.0 Å². The van der Waals surface area contributed by atoms with E-state index in [2.05, 4.69) is 40.2 Å². The SMILES string of the molecule is COc1cccc(/C=C/c2ccccc2)c1OCCCCBr. The Bertz CT molecular complexity index is 594. The molecule has 0 spiro atoms. The van der Waals surface area contributed by atoms with Crippen molar-refractivity contribution >= 4 is 28.1 Å². The smallest absolute Gasteiger partial charge is 0.168 e. The molecule has 3 heteroatoms. The van der Waals surface area contributed by atoms with Crippen LogP contribution in [0.25, 0.3) is 12.2 Å². The molecule has 22 heavy (non-hydrogen) atoms. The Hall–Kier alpha value is -1.74. The van der Waals surface area contributed by atoms with Gasteiger partial charge in [-0.3, -0.25) is 0 Å². The summed E-state index contributed by atoms with van der Waals surface area (Å²) in [4.78, 5) is 0. The monoisotopic (exact) mass is 360 g/mol. The highest BCUT2D eigenvalue weighted by Gasteiger charge is 2.08. The number of alkyl halides is 1. The fraction of sp³-hybridized carbons (Fsp3) is 0.263. The molecule has 0 aliphatic heterocycles. The molecule has 0 fully saturated rings. The third kappa shape index (κ3) is 4.92. The lowest BCUT2D eigenvalue weighted by Gasteiger charge is -2.13. The van der Waals surface area contributed by atoms with E-state index in [4.69, 9.17) is 9.47 Å².